The summed E-state index contributed by atoms with van der Waals surface area (Å²) in [5.74, 6) is -0.262. The first-order valence-corrected chi connectivity index (χ1v) is 8.14. The molecule has 6 heteroatoms. The summed E-state index contributed by atoms with van der Waals surface area (Å²) in [6.07, 6.45) is 5.01. The van der Waals surface area contributed by atoms with Crippen LogP contribution in [0.1, 0.15) is 11.1 Å². The molecule has 0 bridgehead atoms. The second-order valence-electron chi connectivity index (χ2n) is 4.68. The van der Waals surface area contributed by atoms with Gasteiger partial charge in [-0.15, -0.1) is 0 Å². The maximum Gasteiger partial charge on any atom is 0.293 e. The standard InChI is InChI=1S/C16H11BrN2O2S/c17-13-5-3-11(4-6-13)10-19-15(20)14(22-16(19)21)8-12-2-1-7-18-9-12/h1-9H,10H2/b14-8+. The third-order valence-electron chi connectivity index (χ3n) is 3.11. The highest BCUT2D eigenvalue weighted by Crippen LogP contribution is 2.33. The van der Waals surface area contributed by atoms with Crippen molar-refractivity contribution >= 4 is 44.9 Å². The molecule has 0 aliphatic carbocycles. The fourth-order valence-corrected chi connectivity index (χ4v) is 3.12. The highest BCUT2D eigenvalue weighted by Gasteiger charge is 2.34. The predicted molar refractivity (Wildman–Crippen MR) is 89.9 cm³/mol. The summed E-state index contributed by atoms with van der Waals surface area (Å²) in [6.45, 7) is 0.280. The van der Waals surface area contributed by atoms with Gasteiger partial charge in [0.1, 0.15) is 0 Å². The average molecular weight is 375 g/mol. The molecule has 0 spiro atoms. The van der Waals surface area contributed by atoms with Crippen LogP contribution < -0.4 is 0 Å². The van der Waals surface area contributed by atoms with Crippen LogP contribution in [0.4, 0.5) is 4.79 Å². The molecule has 4 nitrogen and oxygen atoms in total. The first kappa shape index (κ1) is 15.0. The molecular weight excluding hydrogens is 364 g/mol. The van der Waals surface area contributed by atoms with E-state index in [1.165, 1.54) is 4.90 Å². The van der Waals surface area contributed by atoms with Gasteiger partial charge in [-0.25, -0.2) is 0 Å². The number of pyridine rings is 1. The van der Waals surface area contributed by atoms with Crippen LogP contribution in [0.25, 0.3) is 6.08 Å². The molecule has 1 fully saturated rings. The van der Waals surface area contributed by atoms with Gasteiger partial charge in [-0.1, -0.05) is 34.1 Å². The van der Waals surface area contributed by atoms with E-state index in [2.05, 4.69) is 20.9 Å². The number of halogens is 1. The normalized spacial score (nSPS) is 16.6. The molecule has 2 aromatic rings. The van der Waals surface area contributed by atoms with E-state index in [4.69, 9.17) is 0 Å². The molecule has 2 amide bonds. The number of rotatable bonds is 3. The molecule has 0 radical (unpaired) electrons. The van der Waals surface area contributed by atoms with E-state index in [1.54, 1.807) is 24.5 Å². The van der Waals surface area contributed by atoms with E-state index in [0.717, 1.165) is 27.4 Å². The van der Waals surface area contributed by atoms with Crippen molar-refractivity contribution in [3.63, 3.8) is 0 Å². The van der Waals surface area contributed by atoms with Crippen LogP contribution in [0.15, 0.2) is 58.2 Å². The maximum absolute atomic E-state index is 12.4. The lowest BCUT2D eigenvalue weighted by atomic mass is 10.2. The van der Waals surface area contributed by atoms with Crippen LogP contribution in [0.3, 0.4) is 0 Å². The van der Waals surface area contributed by atoms with Gasteiger partial charge in [-0.2, -0.15) is 0 Å². The summed E-state index contributed by atoms with van der Waals surface area (Å²) in [6, 6.07) is 11.2. The van der Waals surface area contributed by atoms with Gasteiger partial charge in [0.05, 0.1) is 11.4 Å². The summed E-state index contributed by atoms with van der Waals surface area (Å²) in [4.78, 5) is 30.1. The van der Waals surface area contributed by atoms with E-state index in [1.807, 2.05) is 30.3 Å². The van der Waals surface area contributed by atoms with E-state index >= 15 is 0 Å². The number of imide groups is 1. The summed E-state index contributed by atoms with van der Waals surface area (Å²) >= 11 is 4.32. The number of aromatic nitrogens is 1. The smallest absolute Gasteiger partial charge is 0.268 e. The first-order valence-electron chi connectivity index (χ1n) is 6.53. The van der Waals surface area contributed by atoms with Gasteiger partial charge < -0.3 is 0 Å². The van der Waals surface area contributed by atoms with Gasteiger partial charge in [0.25, 0.3) is 11.1 Å². The number of hydrogen-bond acceptors (Lipinski definition) is 4. The van der Waals surface area contributed by atoms with E-state index in [0.29, 0.717) is 4.91 Å². The second kappa shape index (κ2) is 6.46. The van der Waals surface area contributed by atoms with Crippen molar-refractivity contribution in [2.45, 2.75) is 6.54 Å². The molecule has 0 unspecified atom stereocenters. The molecule has 1 aliphatic heterocycles. The van der Waals surface area contributed by atoms with Crippen LogP contribution >= 0.6 is 27.7 Å². The average Bonchev–Trinajstić information content (AvgIpc) is 2.78. The molecule has 1 saturated heterocycles. The van der Waals surface area contributed by atoms with Crippen molar-refractivity contribution in [3.05, 3.63) is 69.3 Å². The van der Waals surface area contributed by atoms with Gasteiger partial charge in [0.15, 0.2) is 0 Å². The Morgan fingerprint density at radius 1 is 1.18 bits per heavy atom. The summed E-state index contributed by atoms with van der Waals surface area (Å²) in [5, 5.41) is -0.247. The number of thioether (sulfide) groups is 1. The highest BCUT2D eigenvalue weighted by atomic mass is 79.9. The Morgan fingerprint density at radius 3 is 2.64 bits per heavy atom. The third-order valence-corrected chi connectivity index (χ3v) is 4.55. The Kier molecular flexibility index (Phi) is 4.40. The maximum atomic E-state index is 12.4. The number of benzene rings is 1. The first-order chi connectivity index (χ1) is 10.6. The molecule has 22 heavy (non-hydrogen) atoms. The minimum atomic E-state index is -0.262. The number of carbonyl (C=O) groups excluding carboxylic acids is 2. The second-order valence-corrected chi connectivity index (χ2v) is 6.59. The Labute approximate surface area is 140 Å². The monoisotopic (exact) mass is 374 g/mol. The van der Waals surface area contributed by atoms with Gasteiger partial charge in [0.2, 0.25) is 0 Å². The van der Waals surface area contributed by atoms with Gasteiger partial charge in [-0.05, 0) is 47.2 Å². The number of hydrogen-bond donors (Lipinski definition) is 0. The van der Waals surface area contributed by atoms with Crippen molar-refractivity contribution in [3.8, 4) is 0 Å². The third kappa shape index (κ3) is 3.28. The van der Waals surface area contributed by atoms with Crippen LogP contribution in [0.2, 0.25) is 0 Å². The lowest BCUT2D eigenvalue weighted by Gasteiger charge is -2.12. The lowest BCUT2D eigenvalue weighted by molar-refractivity contribution is -0.123. The number of amides is 2. The zero-order valence-corrected chi connectivity index (χ0v) is 13.8. The topological polar surface area (TPSA) is 50.3 Å². The van der Waals surface area contributed by atoms with Gasteiger partial charge in [0, 0.05) is 16.9 Å². The van der Waals surface area contributed by atoms with Crippen LogP contribution in [-0.2, 0) is 11.3 Å². The number of nitrogens with zero attached hydrogens (tertiary/aromatic N) is 2. The zero-order valence-electron chi connectivity index (χ0n) is 11.4. The predicted octanol–water partition coefficient (Wildman–Crippen LogP) is 4.08. The Hall–Kier alpha value is -1.92. The van der Waals surface area contributed by atoms with Crippen LogP contribution in [0.5, 0.6) is 0 Å². The molecule has 2 heterocycles. The molecule has 1 aromatic heterocycles. The van der Waals surface area contributed by atoms with Crippen molar-refractivity contribution in [2.75, 3.05) is 0 Å². The largest absolute Gasteiger partial charge is 0.293 e. The van der Waals surface area contributed by atoms with Crippen molar-refractivity contribution < 1.29 is 9.59 Å². The van der Waals surface area contributed by atoms with Crippen LogP contribution in [0, 0.1) is 0 Å². The summed E-state index contributed by atoms with van der Waals surface area (Å²) in [5.41, 5.74) is 1.71. The summed E-state index contributed by atoms with van der Waals surface area (Å²) < 4.78 is 0.960. The van der Waals surface area contributed by atoms with E-state index in [-0.39, 0.29) is 17.7 Å². The van der Waals surface area contributed by atoms with Crippen LogP contribution in [-0.4, -0.2) is 21.0 Å². The Morgan fingerprint density at radius 2 is 1.95 bits per heavy atom. The van der Waals surface area contributed by atoms with Gasteiger partial charge >= 0.3 is 0 Å². The van der Waals surface area contributed by atoms with E-state index in [9.17, 15) is 9.59 Å². The van der Waals surface area contributed by atoms with Crippen molar-refractivity contribution in [1.29, 1.82) is 0 Å². The fourth-order valence-electron chi connectivity index (χ4n) is 2.02. The molecule has 0 atom stereocenters. The molecule has 0 N–H and O–H groups in total. The molecule has 1 aromatic carbocycles. The highest BCUT2D eigenvalue weighted by molar-refractivity contribution is 9.10. The Balaban J connectivity index is 1.80. The molecule has 110 valence electrons. The fraction of sp³-hybridized carbons (Fsp3) is 0.0625. The van der Waals surface area contributed by atoms with Crippen molar-refractivity contribution in [2.24, 2.45) is 0 Å². The summed E-state index contributed by atoms with van der Waals surface area (Å²) in [7, 11) is 0. The van der Waals surface area contributed by atoms with Crippen molar-refractivity contribution in [1.82, 2.24) is 9.88 Å². The molecule has 3 rings (SSSR count). The quantitative estimate of drug-likeness (QED) is 0.759. The van der Waals surface area contributed by atoms with E-state index < -0.39 is 0 Å². The molecular formula is C16H11BrN2O2S. The Bertz CT molecular complexity index is 745. The molecule has 0 saturated carbocycles. The number of carbonyl (C=O) groups is 2. The van der Waals surface area contributed by atoms with Gasteiger partial charge in [-0.3, -0.25) is 19.5 Å². The lowest BCUT2D eigenvalue weighted by Crippen LogP contribution is -2.27. The minimum absolute atomic E-state index is 0.247. The zero-order chi connectivity index (χ0) is 15.5. The SMILES string of the molecule is O=C1S/C(=C/c2cccnc2)C(=O)N1Cc1ccc(Br)cc1. The minimum Gasteiger partial charge on any atom is -0.268 e. The molecule has 1 aliphatic rings.